The normalized spacial score (nSPS) is 10.5. The number of esters is 2. The summed E-state index contributed by atoms with van der Waals surface area (Å²) >= 11 is 0. The molecule has 0 saturated heterocycles. The minimum absolute atomic E-state index is 0.219. The molecule has 1 aromatic rings. The van der Waals surface area contributed by atoms with Gasteiger partial charge in [-0.3, -0.25) is 4.79 Å². The summed E-state index contributed by atoms with van der Waals surface area (Å²) in [6, 6.07) is 5.85. The Morgan fingerprint density at radius 2 is 1.50 bits per heavy atom. The summed E-state index contributed by atoms with van der Waals surface area (Å²) in [5, 5.41) is 2.79. The van der Waals surface area contributed by atoms with Crippen molar-refractivity contribution in [1.82, 2.24) is 0 Å². The Morgan fingerprint density at radius 3 is 2.00 bits per heavy atom. The number of benzene rings is 1. The molecule has 0 aliphatic carbocycles. The molecule has 130 valence electrons. The van der Waals surface area contributed by atoms with Crippen molar-refractivity contribution in [3.05, 3.63) is 41.5 Å². The molecule has 1 aromatic carbocycles. The number of amides is 1. The molecule has 0 unspecified atom stereocenters. The molecule has 0 radical (unpaired) electrons. The Hall–Kier alpha value is -2.63. The molecule has 24 heavy (non-hydrogen) atoms. The topological polar surface area (TPSA) is 81.7 Å². The fourth-order valence-electron chi connectivity index (χ4n) is 2.09. The molecular weight excluding hydrogens is 310 g/mol. The summed E-state index contributed by atoms with van der Waals surface area (Å²) in [6.45, 7) is 5.47. The van der Waals surface area contributed by atoms with Gasteiger partial charge in [-0.05, 0) is 30.9 Å². The molecule has 6 nitrogen and oxygen atoms in total. The van der Waals surface area contributed by atoms with Gasteiger partial charge in [-0.2, -0.15) is 0 Å². The third-order valence-electron chi connectivity index (χ3n) is 3.25. The van der Waals surface area contributed by atoms with Crippen molar-refractivity contribution in [1.29, 1.82) is 0 Å². The molecule has 1 amide bonds. The van der Waals surface area contributed by atoms with E-state index < -0.39 is 24.5 Å². The molecule has 0 atom stereocenters. The molecular formula is C18H23NO5. The van der Waals surface area contributed by atoms with Gasteiger partial charge in [-0.15, -0.1) is 0 Å². The van der Waals surface area contributed by atoms with E-state index in [0.29, 0.717) is 0 Å². The number of hydrogen-bond donors (Lipinski definition) is 1. The Bertz CT molecular complexity index is 600. The summed E-state index contributed by atoms with van der Waals surface area (Å²) in [7, 11) is 0. The highest BCUT2D eigenvalue weighted by molar-refractivity contribution is 5.96. The Kier molecular flexibility index (Phi) is 8.25. The van der Waals surface area contributed by atoms with Crippen molar-refractivity contribution in [2.75, 3.05) is 18.5 Å². The maximum Gasteiger partial charge on any atom is 0.331 e. The number of rotatable bonds is 8. The second-order valence-corrected chi connectivity index (χ2v) is 4.90. The van der Waals surface area contributed by atoms with Crippen LogP contribution < -0.4 is 5.32 Å². The highest BCUT2D eigenvalue weighted by Crippen LogP contribution is 2.22. The molecule has 0 aliphatic heterocycles. The summed E-state index contributed by atoms with van der Waals surface area (Å²) in [5.41, 5.74) is 2.82. The van der Waals surface area contributed by atoms with Crippen LogP contribution in [0.5, 0.6) is 0 Å². The average Bonchev–Trinajstić information content (AvgIpc) is 2.58. The van der Waals surface area contributed by atoms with Crippen molar-refractivity contribution >= 4 is 23.5 Å². The zero-order valence-electron chi connectivity index (χ0n) is 14.3. The number of nitrogens with one attached hydrogen (secondary N) is 1. The SMILES string of the molecule is CCOC(=O)/C=C/C(=O)OCC(=O)Nc1c(CC)cccc1CC. The lowest BCUT2D eigenvalue weighted by atomic mass is 10.0. The summed E-state index contributed by atoms with van der Waals surface area (Å²) in [6.07, 6.45) is 3.46. The predicted octanol–water partition coefficient (Wildman–Crippen LogP) is 2.41. The molecule has 6 heteroatoms. The van der Waals surface area contributed by atoms with Gasteiger partial charge in [0.2, 0.25) is 0 Å². The third-order valence-corrected chi connectivity index (χ3v) is 3.25. The van der Waals surface area contributed by atoms with Crippen molar-refractivity contribution in [2.24, 2.45) is 0 Å². The molecule has 0 saturated carbocycles. The van der Waals surface area contributed by atoms with Gasteiger partial charge in [0.25, 0.3) is 5.91 Å². The molecule has 0 heterocycles. The van der Waals surface area contributed by atoms with E-state index in [1.54, 1.807) is 6.92 Å². The van der Waals surface area contributed by atoms with E-state index in [1.165, 1.54) is 0 Å². The first-order valence-electron chi connectivity index (χ1n) is 7.93. The van der Waals surface area contributed by atoms with E-state index in [0.717, 1.165) is 41.8 Å². The van der Waals surface area contributed by atoms with Crippen LogP contribution in [0.3, 0.4) is 0 Å². The second-order valence-electron chi connectivity index (χ2n) is 4.90. The van der Waals surface area contributed by atoms with Gasteiger partial charge in [0.15, 0.2) is 6.61 Å². The van der Waals surface area contributed by atoms with Gasteiger partial charge in [-0.25, -0.2) is 9.59 Å². The van der Waals surface area contributed by atoms with Gasteiger partial charge in [0, 0.05) is 17.8 Å². The van der Waals surface area contributed by atoms with E-state index in [9.17, 15) is 14.4 Å². The van der Waals surface area contributed by atoms with Gasteiger partial charge in [0.05, 0.1) is 6.61 Å². The maximum atomic E-state index is 12.0. The van der Waals surface area contributed by atoms with Gasteiger partial charge < -0.3 is 14.8 Å². The van der Waals surface area contributed by atoms with Crippen LogP contribution in [-0.4, -0.2) is 31.1 Å². The highest BCUT2D eigenvalue weighted by Gasteiger charge is 2.11. The number of carbonyl (C=O) groups is 3. The number of hydrogen-bond acceptors (Lipinski definition) is 5. The Labute approximate surface area is 141 Å². The minimum Gasteiger partial charge on any atom is -0.463 e. The van der Waals surface area contributed by atoms with E-state index in [-0.39, 0.29) is 6.61 Å². The number of ether oxygens (including phenoxy) is 2. The summed E-state index contributed by atoms with van der Waals surface area (Å²) in [4.78, 5) is 34.5. The van der Waals surface area contributed by atoms with Gasteiger partial charge in [0.1, 0.15) is 0 Å². The lowest BCUT2D eigenvalue weighted by molar-refractivity contribution is -0.143. The zero-order valence-corrected chi connectivity index (χ0v) is 14.3. The fourth-order valence-corrected chi connectivity index (χ4v) is 2.09. The van der Waals surface area contributed by atoms with Crippen LogP contribution in [0, 0.1) is 0 Å². The first-order chi connectivity index (χ1) is 11.5. The van der Waals surface area contributed by atoms with Gasteiger partial charge in [-0.1, -0.05) is 32.0 Å². The molecule has 0 bridgehead atoms. The number of carbonyl (C=O) groups excluding carboxylic acids is 3. The first-order valence-corrected chi connectivity index (χ1v) is 7.93. The van der Waals surface area contributed by atoms with E-state index in [2.05, 4.69) is 10.1 Å². The number of anilines is 1. The minimum atomic E-state index is -0.780. The van der Waals surface area contributed by atoms with E-state index >= 15 is 0 Å². The highest BCUT2D eigenvalue weighted by atomic mass is 16.5. The van der Waals surface area contributed by atoms with Crippen LogP contribution in [0.25, 0.3) is 0 Å². The van der Waals surface area contributed by atoms with Crippen LogP contribution in [0.2, 0.25) is 0 Å². The molecule has 0 fully saturated rings. The van der Waals surface area contributed by atoms with Crippen molar-refractivity contribution in [2.45, 2.75) is 33.6 Å². The maximum absolute atomic E-state index is 12.0. The Balaban J connectivity index is 2.59. The molecule has 1 N–H and O–H groups in total. The van der Waals surface area contributed by atoms with Crippen LogP contribution in [0.4, 0.5) is 5.69 Å². The largest absolute Gasteiger partial charge is 0.463 e. The van der Waals surface area contributed by atoms with Crippen molar-refractivity contribution in [3.63, 3.8) is 0 Å². The summed E-state index contributed by atoms with van der Waals surface area (Å²) in [5.74, 6) is -1.84. The van der Waals surface area contributed by atoms with Crippen molar-refractivity contribution in [3.8, 4) is 0 Å². The van der Waals surface area contributed by atoms with Crippen LogP contribution >= 0.6 is 0 Å². The monoisotopic (exact) mass is 333 g/mol. The molecule has 1 rings (SSSR count). The van der Waals surface area contributed by atoms with Gasteiger partial charge >= 0.3 is 11.9 Å². The fraction of sp³-hybridized carbons (Fsp3) is 0.389. The predicted molar refractivity (Wildman–Crippen MR) is 90.6 cm³/mol. The van der Waals surface area contributed by atoms with Crippen LogP contribution in [0.1, 0.15) is 31.9 Å². The van der Waals surface area contributed by atoms with Crippen LogP contribution in [-0.2, 0) is 36.7 Å². The van der Waals surface area contributed by atoms with Crippen LogP contribution in [0.15, 0.2) is 30.4 Å². The third kappa shape index (κ3) is 6.24. The van der Waals surface area contributed by atoms with E-state index in [1.807, 2.05) is 32.0 Å². The number of aryl methyl sites for hydroxylation is 2. The lowest BCUT2D eigenvalue weighted by Gasteiger charge is -2.14. The summed E-state index contributed by atoms with van der Waals surface area (Å²) < 4.78 is 9.44. The average molecular weight is 333 g/mol. The molecule has 0 spiro atoms. The quantitative estimate of drug-likeness (QED) is 0.583. The molecule has 0 aromatic heterocycles. The number of para-hydroxylation sites is 1. The molecule has 0 aliphatic rings. The zero-order chi connectivity index (χ0) is 17.9. The standard InChI is InChI=1S/C18H23NO5/c1-4-13-8-7-9-14(5-2)18(13)19-15(20)12-24-17(22)11-10-16(21)23-6-3/h7-11H,4-6,12H2,1-3H3,(H,19,20)/b11-10+. The van der Waals surface area contributed by atoms with E-state index in [4.69, 9.17) is 4.74 Å². The second kappa shape index (κ2) is 10.2. The first kappa shape index (κ1) is 19.4. The lowest BCUT2D eigenvalue weighted by Crippen LogP contribution is -2.21. The van der Waals surface area contributed by atoms with Crippen molar-refractivity contribution < 1.29 is 23.9 Å². The smallest absolute Gasteiger partial charge is 0.331 e. The Morgan fingerprint density at radius 1 is 0.958 bits per heavy atom.